The Hall–Kier alpha value is -3.19. The van der Waals surface area contributed by atoms with Gasteiger partial charge in [-0.1, -0.05) is 0 Å². The number of aromatic nitrogens is 6. The van der Waals surface area contributed by atoms with Crippen molar-refractivity contribution < 1.29 is 0 Å². The van der Waals surface area contributed by atoms with Gasteiger partial charge in [0.15, 0.2) is 22.8 Å². The molecule has 0 amide bonds. The number of fused-ring (bicyclic) bond motifs is 3. The normalized spacial score (nSPS) is 23.9. The highest BCUT2D eigenvalue weighted by atomic mass is 15.3. The summed E-state index contributed by atoms with van der Waals surface area (Å²) in [5.41, 5.74) is 2.34. The fraction of sp³-hybridized carbons (Fsp3) is 0.526. The highest BCUT2D eigenvalue weighted by Gasteiger charge is 2.40. The summed E-state index contributed by atoms with van der Waals surface area (Å²) in [6, 6.07) is 5.60. The van der Waals surface area contributed by atoms with Crippen LogP contribution < -0.4 is 10.6 Å². The lowest BCUT2D eigenvalue weighted by atomic mass is 9.97. The van der Waals surface area contributed by atoms with Crippen molar-refractivity contribution in [2.24, 2.45) is 0 Å². The Balaban J connectivity index is 1.34. The Morgan fingerprint density at radius 3 is 2.83 bits per heavy atom. The first-order chi connectivity index (χ1) is 14.2. The Morgan fingerprint density at radius 1 is 1.28 bits per heavy atom. The lowest BCUT2D eigenvalue weighted by Gasteiger charge is -2.38. The number of hydrogen-bond acceptors (Lipinski definition) is 8. The zero-order valence-corrected chi connectivity index (χ0v) is 16.3. The molecule has 0 aromatic carbocycles. The highest BCUT2D eigenvalue weighted by Crippen LogP contribution is 2.36. The Labute approximate surface area is 168 Å². The minimum Gasteiger partial charge on any atom is -0.351 e. The summed E-state index contributed by atoms with van der Waals surface area (Å²) in [6.45, 7) is 2.83. The van der Waals surface area contributed by atoms with Crippen molar-refractivity contribution in [1.82, 2.24) is 35.0 Å². The highest BCUT2D eigenvalue weighted by molar-refractivity contribution is 5.85. The van der Waals surface area contributed by atoms with Crippen LogP contribution in [0, 0.1) is 18.3 Å². The number of aryl methyl sites for hydroxylation is 1. The Kier molecular flexibility index (Phi) is 4.52. The number of H-pyrrole nitrogens is 2. The number of nitrogens with zero attached hydrogens (tertiary/aromatic N) is 6. The van der Waals surface area contributed by atoms with E-state index in [-0.39, 0.29) is 0 Å². The zero-order chi connectivity index (χ0) is 19.8. The van der Waals surface area contributed by atoms with Crippen molar-refractivity contribution in [2.45, 2.75) is 57.2 Å². The van der Waals surface area contributed by atoms with Gasteiger partial charge in [0.1, 0.15) is 0 Å². The van der Waals surface area contributed by atoms with Gasteiger partial charge in [0, 0.05) is 42.9 Å². The van der Waals surface area contributed by atoms with Gasteiger partial charge in [-0.25, -0.2) is 4.98 Å². The number of piperidine rings is 1. The monoisotopic (exact) mass is 392 g/mol. The molecule has 2 aliphatic heterocycles. The molecule has 0 saturated carbocycles. The third-order valence-electron chi connectivity index (χ3n) is 5.93. The largest absolute Gasteiger partial charge is 0.351 e. The molecular formula is C19H24N10. The predicted octanol–water partition coefficient (Wildman–Crippen LogP) is 2.45. The number of aromatic amines is 2. The molecule has 2 aliphatic rings. The maximum absolute atomic E-state index is 8.91. The fourth-order valence-corrected chi connectivity index (χ4v) is 4.71. The first-order valence-electron chi connectivity index (χ1n) is 10.1. The molecule has 0 spiro atoms. The predicted molar refractivity (Wildman–Crippen MR) is 109 cm³/mol. The Bertz CT molecular complexity index is 1030. The second-order valence-electron chi connectivity index (χ2n) is 7.90. The van der Waals surface area contributed by atoms with Crippen LogP contribution in [0.2, 0.25) is 0 Å². The van der Waals surface area contributed by atoms with Crippen molar-refractivity contribution in [3.05, 3.63) is 18.1 Å². The molecule has 4 N–H and O–H groups in total. The molecule has 5 rings (SSSR count). The number of hydrogen-bond donors (Lipinski definition) is 4. The smallest absolute Gasteiger partial charge is 0.227 e. The van der Waals surface area contributed by atoms with E-state index in [1.54, 1.807) is 6.33 Å². The van der Waals surface area contributed by atoms with E-state index in [0.717, 1.165) is 25.1 Å². The van der Waals surface area contributed by atoms with Gasteiger partial charge in [0.2, 0.25) is 5.95 Å². The lowest BCUT2D eigenvalue weighted by molar-refractivity contribution is 0.135. The van der Waals surface area contributed by atoms with Crippen LogP contribution in [0.5, 0.6) is 0 Å². The summed E-state index contributed by atoms with van der Waals surface area (Å²) in [7, 11) is 0. The van der Waals surface area contributed by atoms with Crippen molar-refractivity contribution in [3.8, 4) is 6.07 Å². The maximum Gasteiger partial charge on any atom is 0.227 e. The summed E-state index contributed by atoms with van der Waals surface area (Å²) in [6.07, 6.45) is 6.74. The van der Waals surface area contributed by atoms with Crippen molar-refractivity contribution >= 4 is 28.7 Å². The number of nitrogens with one attached hydrogen (secondary N) is 4. The number of imidazole rings is 1. The van der Waals surface area contributed by atoms with Crippen LogP contribution in [-0.2, 0) is 0 Å². The molecule has 2 fully saturated rings. The van der Waals surface area contributed by atoms with Gasteiger partial charge in [-0.05, 0) is 32.6 Å². The van der Waals surface area contributed by atoms with Gasteiger partial charge >= 0.3 is 0 Å². The van der Waals surface area contributed by atoms with Gasteiger partial charge in [0.25, 0.3) is 0 Å². The summed E-state index contributed by atoms with van der Waals surface area (Å²) >= 11 is 0. The zero-order valence-electron chi connectivity index (χ0n) is 16.3. The van der Waals surface area contributed by atoms with Crippen LogP contribution in [-0.4, -0.2) is 59.7 Å². The van der Waals surface area contributed by atoms with E-state index in [9.17, 15) is 0 Å². The minimum atomic E-state index is 0.326. The quantitative estimate of drug-likeness (QED) is 0.502. The number of anilines is 3. The van der Waals surface area contributed by atoms with E-state index in [4.69, 9.17) is 5.26 Å². The average Bonchev–Trinajstić information content (AvgIpc) is 3.39. The van der Waals surface area contributed by atoms with Gasteiger partial charge in [-0.2, -0.15) is 20.3 Å². The van der Waals surface area contributed by atoms with Crippen molar-refractivity contribution in [1.29, 1.82) is 5.26 Å². The average molecular weight is 392 g/mol. The van der Waals surface area contributed by atoms with E-state index in [1.807, 2.05) is 13.0 Å². The van der Waals surface area contributed by atoms with Crippen LogP contribution in [0.25, 0.3) is 11.2 Å². The van der Waals surface area contributed by atoms with Crippen LogP contribution in [0.4, 0.5) is 17.6 Å². The molecule has 2 saturated heterocycles. The van der Waals surface area contributed by atoms with E-state index in [1.165, 1.54) is 12.8 Å². The molecule has 150 valence electrons. The van der Waals surface area contributed by atoms with Gasteiger partial charge in [-0.3, -0.25) is 10.00 Å². The molecule has 5 heterocycles. The van der Waals surface area contributed by atoms with Gasteiger partial charge in [0.05, 0.1) is 12.4 Å². The standard InChI is InChI=1S/C19H24N10/c1-11-7-15(28-27-11)24-18-16-17(22-10-21-16)25-19(26-18)23-12-8-13-3-4-14(9-12)29(13)6-2-5-20/h7,10,12-14H,2-4,6,8-9H2,1H3,(H4,21,22,23,24,25,26,27,28)/t12-,13-,14?/m0/s1. The molecule has 2 bridgehead atoms. The van der Waals surface area contributed by atoms with Crippen LogP contribution in [0.1, 0.15) is 37.8 Å². The SMILES string of the molecule is Cc1cc(Nc2nc(N[C@@H]3CC4CC[C@@H](C3)N4CCC#N)nc3[nH]cnc23)n[nH]1. The minimum absolute atomic E-state index is 0.326. The van der Waals surface area contributed by atoms with Crippen LogP contribution >= 0.6 is 0 Å². The molecule has 10 nitrogen and oxygen atoms in total. The Morgan fingerprint density at radius 2 is 2.10 bits per heavy atom. The summed E-state index contributed by atoms with van der Waals surface area (Å²) in [5.74, 6) is 1.91. The van der Waals surface area contributed by atoms with Crippen LogP contribution in [0.15, 0.2) is 12.4 Å². The third kappa shape index (κ3) is 3.49. The molecular weight excluding hydrogens is 368 g/mol. The van der Waals surface area contributed by atoms with Crippen molar-refractivity contribution in [3.63, 3.8) is 0 Å². The van der Waals surface area contributed by atoms with Crippen LogP contribution in [0.3, 0.4) is 0 Å². The second-order valence-corrected chi connectivity index (χ2v) is 7.90. The molecule has 29 heavy (non-hydrogen) atoms. The molecule has 1 unspecified atom stereocenters. The summed E-state index contributed by atoms with van der Waals surface area (Å²) in [5, 5.41) is 22.8. The summed E-state index contributed by atoms with van der Waals surface area (Å²) in [4.78, 5) is 19.2. The van der Waals surface area contributed by atoms with E-state index < -0.39 is 0 Å². The van der Waals surface area contributed by atoms with E-state index in [0.29, 0.717) is 53.3 Å². The number of rotatable bonds is 6. The number of nitriles is 1. The lowest BCUT2D eigenvalue weighted by Crippen LogP contribution is -2.47. The molecule has 3 aromatic heterocycles. The van der Waals surface area contributed by atoms with E-state index in [2.05, 4.69) is 51.7 Å². The molecule has 0 aliphatic carbocycles. The second kappa shape index (κ2) is 7.33. The van der Waals surface area contributed by atoms with E-state index >= 15 is 0 Å². The molecule has 3 aromatic rings. The molecule has 3 atom stereocenters. The van der Waals surface area contributed by atoms with Gasteiger partial charge in [-0.15, -0.1) is 0 Å². The summed E-state index contributed by atoms with van der Waals surface area (Å²) < 4.78 is 0. The molecule has 0 radical (unpaired) electrons. The third-order valence-corrected chi connectivity index (χ3v) is 5.93. The topological polar surface area (TPSA) is 134 Å². The first kappa shape index (κ1) is 17.9. The van der Waals surface area contributed by atoms with Crippen molar-refractivity contribution in [2.75, 3.05) is 17.2 Å². The first-order valence-corrected chi connectivity index (χ1v) is 10.1. The fourth-order valence-electron chi connectivity index (χ4n) is 4.71. The maximum atomic E-state index is 8.91. The molecule has 10 heteroatoms. The van der Waals surface area contributed by atoms with Gasteiger partial charge < -0.3 is 15.6 Å².